The van der Waals surface area contributed by atoms with Gasteiger partial charge in [-0.1, -0.05) is 54.2 Å². The van der Waals surface area contributed by atoms with Crippen LogP contribution in [0.1, 0.15) is 0 Å². The number of nitrogens with zero attached hydrogens (tertiary/aromatic N) is 1. The molecule has 0 N–H and O–H groups in total. The van der Waals surface area contributed by atoms with Crippen LogP contribution in [-0.4, -0.2) is 8.42 Å². The summed E-state index contributed by atoms with van der Waals surface area (Å²) in [7, 11) is -3.46. The van der Waals surface area contributed by atoms with Crippen LogP contribution in [0.4, 0.5) is 17.1 Å². The predicted molar refractivity (Wildman–Crippen MR) is 116 cm³/mol. The van der Waals surface area contributed by atoms with Crippen molar-refractivity contribution >= 4 is 38.7 Å². The molecule has 4 aromatic carbocycles. The molecule has 0 spiro atoms. The Labute approximate surface area is 173 Å². The average Bonchev–Trinajstić information content (AvgIpc) is 2.99. The summed E-state index contributed by atoms with van der Waals surface area (Å²) < 4.78 is 25.9. The Hall–Kier alpha value is -3.02. The lowest BCUT2D eigenvalue weighted by Crippen LogP contribution is -2.14. The lowest BCUT2D eigenvalue weighted by atomic mass is 10.0. The van der Waals surface area contributed by atoms with Gasteiger partial charge in [-0.15, -0.1) is 0 Å². The van der Waals surface area contributed by atoms with E-state index in [1.165, 1.54) is 9.79 Å². The molecule has 0 bridgehead atoms. The second-order valence-corrected chi connectivity index (χ2v) is 10.0. The summed E-state index contributed by atoms with van der Waals surface area (Å²) in [6.45, 7) is 0. The highest BCUT2D eigenvalue weighted by molar-refractivity contribution is 7.99. The van der Waals surface area contributed by atoms with E-state index in [4.69, 9.17) is 0 Å². The quantitative estimate of drug-likeness (QED) is 0.311. The van der Waals surface area contributed by atoms with Crippen molar-refractivity contribution in [3.63, 3.8) is 0 Å². The number of hydrogen-bond donors (Lipinski definition) is 0. The second kappa shape index (κ2) is 5.99. The van der Waals surface area contributed by atoms with E-state index in [9.17, 15) is 8.42 Å². The van der Waals surface area contributed by atoms with Crippen LogP contribution < -0.4 is 4.90 Å². The van der Waals surface area contributed by atoms with Gasteiger partial charge in [0, 0.05) is 26.6 Å². The van der Waals surface area contributed by atoms with Gasteiger partial charge in [-0.2, -0.15) is 0 Å². The molecule has 0 aliphatic carbocycles. The van der Waals surface area contributed by atoms with E-state index in [1.54, 1.807) is 30.0 Å². The molecule has 0 saturated carbocycles. The van der Waals surface area contributed by atoms with Crippen LogP contribution in [0.25, 0.3) is 11.1 Å². The smallest absolute Gasteiger partial charge is 0.207 e. The Morgan fingerprint density at radius 1 is 0.621 bits per heavy atom. The van der Waals surface area contributed by atoms with Crippen molar-refractivity contribution < 1.29 is 8.42 Å². The first kappa shape index (κ1) is 16.9. The molecule has 3 nitrogen and oxygen atoms in total. The molecule has 0 radical (unpaired) electrons. The minimum atomic E-state index is -3.46. The summed E-state index contributed by atoms with van der Waals surface area (Å²) in [6, 6.07) is 29.5. The fraction of sp³-hybridized carbons (Fsp3) is 0. The molecule has 5 heteroatoms. The second-order valence-electron chi connectivity index (χ2n) is 7.05. The van der Waals surface area contributed by atoms with Crippen LogP contribution in [0.15, 0.2) is 111 Å². The number of benzene rings is 4. The molecule has 0 fully saturated rings. The van der Waals surface area contributed by atoms with Crippen LogP contribution in [0.2, 0.25) is 0 Å². The maximum Gasteiger partial charge on any atom is 0.207 e. The van der Waals surface area contributed by atoms with E-state index < -0.39 is 9.84 Å². The Kier molecular flexibility index (Phi) is 3.49. The zero-order valence-corrected chi connectivity index (χ0v) is 16.9. The average molecular weight is 414 g/mol. The molecule has 0 unspecified atom stereocenters. The zero-order valence-electron chi connectivity index (χ0n) is 15.2. The van der Waals surface area contributed by atoms with Crippen LogP contribution >= 0.6 is 11.8 Å². The molecule has 140 valence electrons. The molecule has 0 aromatic heterocycles. The van der Waals surface area contributed by atoms with Crippen molar-refractivity contribution in [2.24, 2.45) is 0 Å². The third kappa shape index (κ3) is 2.35. The van der Waals surface area contributed by atoms with Crippen molar-refractivity contribution in [3.8, 4) is 11.1 Å². The van der Waals surface area contributed by atoms with Crippen LogP contribution in [0, 0.1) is 0 Å². The third-order valence-corrected chi connectivity index (χ3v) is 8.41. The van der Waals surface area contributed by atoms with E-state index in [-0.39, 0.29) is 0 Å². The number of fused-ring (bicyclic) bond motifs is 5. The normalized spacial score (nSPS) is 15.2. The first-order valence-corrected chi connectivity index (χ1v) is 11.6. The predicted octanol–water partition coefficient (Wildman–Crippen LogP) is 6.43. The molecule has 2 aliphatic rings. The minimum absolute atomic E-state index is 0.385. The molecule has 2 aliphatic heterocycles. The van der Waals surface area contributed by atoms with E-state index in [0.29, 0.717) is 9.79 Å². The highest BCUT2D eigenvalue weighted by Crippen LogP contribution is 2.52. The fourth-order valence-electron chi connectivity index (χ4n) is 4.13. The molecular weight excluding hydrogens is 398 g/mol. The standard InChI is InChI=1S/C24H15NO2S2/c26-29(27)23-12-6-1-7-17(23)18-15-16(13-14-24(18)29)25-19-8-2-4-10-21(19)28-22-11-5-3-9-20(22)25/h1-15H. The largest absolute Gasteiger partial charge is 0.308 e. The van der Waals surface area contributed by atoms with Gasteiger partial charge in [0.2, 0.25) is 9.84 Å². The lowest BCUT2D eigenvalue weighted by Gasteiger charge is -2.33. The van der Waals surface area contributed by atoms with Gasteiger partial charge in [-0.05, 0) is 48.5 Å². The van der Waals surface area contributed by atoms with Crippen molar-refractivity contribution in [3.05, 3.63) is 91.0 Å². The van der Waals surface area contributed by atoms with E-state index in [0.717, 1.165) is 28.2 Å². The Morgan fingerprint density at radius 2 is 1.21 bits per heavy atom. The number of rotatable bonds is 1. The van der Waals surface area contributed by atoms with Gasteiger partial charge in [-0.3, -0.25) is 0 Å². The summed E-state index contributed by atoms with van der Waals surface area (Å²) in [4.78, 5) is 5.35. The Bertz CT molecular complexity index is 1360. The Balaban J connectivity index is 1.61. The zero-order chi connectivity index (χ0) is 19.6. The maximum atomic E-state index is 12.9. The number of anilines is 3. The third-order valence-electron chi connectivity index (χ3n) is 5.41. The number of hydrogen-bond acceptors (Lipinski definition) is 4. The maximum absolute atomic E-state index is 12.9. The molecule has 0 saturated heterocycles. The molecule has 0 atom stereocenters. The van der Waals surface area contributed by atoms with Gasteiger partial charge < -0.3 is 4.90 Å². The number of para-hydroxylation sites is 2. The van der Waals surface area contributed by atoms with Crippen LogP contribution in [0.3, 0.4) is 0 Å². The first-order chi connectivity index (χ1) is 14.1. The topological polar surface area (TPSA) is 37.4 Å². The summed E-state index contributed by atoms with van der Waals surface area (Å²) in [6.07, 6.45) is 0. The molecule has 6 rings (SSSR count). The molecular formula is C24H15NO2S2. The SMILES string of the molecule is O=S1(=O)c2ccccc2-c2cc(N3c4ccccc4Sc4ccccc43)ccc21. The Morgan fingerprint density at radius 3 is 1.93 bits per heavy atom. The molecule has 0 amide bonds. The lowest BCUT2D eigenvalue weighted by molar-refractivity contribution is 0.598. The summed E-state index contributed by atoms with van der Waals surface area (Å²) in [5.74, 6) is 0. The highest BCUT2D eigenvalue weighted by atomic mass is 32.2. The summed E-state index contributed by atoms with van der Waals surface area (Å²) in [5.41, 5.74) is 4.70. The van der Waals surface area contributed by atoms with Gasteiger partial charge in [0.05, 0.1) is 21.2 Å². The van der Waals surface area contributed by atoms with Gasteiger partial charge in [0.25, 0.3) is 0 Å². The van der Waals surface area contributed by atoms with Gasteiger partial charge in [-0.25, -0.2) is 8.42 Å². The van der Waals surface area contributed by atoms with Gasteiger partial charge in [0.1, 0.15) is 0 Å². The molecule has 4 aromatic rings. The van der Waals surface area contributed by atoms with Gasteiger partial charge >= 0.3 is 0 Å². The van der Waals surface area contributed by atoms with Crippen LogP contribution in [0.5, 0.6) is 0 Å². The fourth-order valence-corrected chi connectivity index (χ4v) is 6.85. The van der Waals surface area contributed by atoms with Crippen molar-refractivity contribution in [2.75, 3.05) is 4.90 Å². The van der Waals surface area contributed by atoms with Crippen molar-refractivity contribution in [1.82, 2.24) is 0 Å². The van der Waals surface area contributed by atoms with E-state index >= 15 is 0 Å². The summed E-state index contributed by atoms with van der Waals surface area (Å²) in [5, 5.41) is 0. The number of sulfone groups is 1. The minimum Gasteiger partial charge on any atom is -0.308 e. The van der Waals surface area contributed by atoms with Crippen LogP contribution in [-0.2, 0) is 9.84 Å². The highest BCUT2D eigenvalue weighted by Gasteiger charge is 2.34. The molecule has 2 heterocycles. The van der Waals surface area contributed by atoms with E-state index in [2.05, 4.69) is 29.2 Å². The first-order valence-electron chi connectivity index (χ1n) is 9.29. The molecule has 29 heavy (non-hydrogen) atoms. The summed E-state index contributed by atoms with van der Waals surface area (Å²) >= 11 is 1.76. The van der Waals surface area contributed by atoms with Crippen molar-refractivity contribution in [2.45, 2.75) is 19.6 Å². The van der Waals surface area contributed by atoms with Crippen molar-refractivity contribution in [1.29, 1.82) is 0 Å². The monoisotopic (exact) mass is 413 g/mol. The van der Waals surface area contributed by atoms with Gasteiger partial charge in [0.15, 0.2) is 0 Å². The van der Waals surface area contributed by atoms with E-state index in [1.807, 2.05) is 48.5 Å².